The Labute approximate surface area is 202 Å². The normalized spacial score (nSPS) is 14.6. The first-order valence-electron chi connectivity index (χ1n) is 11.4. The largest absolute Gasteiger partial charge is 0.277 e. The van der Waals surface area contributed by atoms with E-state index in [-0.39, 0.29) is 10.6 Å². The van der Waals surface area contributed by atoms with Crippen LogP contribution in [0.4, 0.5) is 11.4 Å². The van der Waals surface area contributed by atoms with E-state index in [9.17, 15) is 10.1 Å². The van der Waals surface area contributed by atoms with Gasteiger partial charge in [-0.15, -0.1) is 0 Å². The summed E-state index contributed by atoms with van der Waals surface area (Å²) in [5, 5.41) is 18.3. The number of nitrogens with zero attached hydrogens (tertiary/aromatic N) is 2. The number of nitro benzene ring substituents is 1. The lowest BCUT2D eigenvalue weighted by atomic mass is 9.78. The molecule has 2 aliphatic carbocycles. The number of aryl methyl sites for hydroxylation is 1. The predicted octanol–water partition coefficient (Wildman–Crippen LogP) is 8.35. The SMILES string of the molecule is O=[N+]([O-])c1ccc(-c2ccc3ccccc3c2N=C=S)c2ccc3c(c12)CCC1=C3C=CCC1. The van der Waals surface area contributed by atoms with Crippen LogP contribution in [0.5, 0.6) is 0 Å². The van der Waals surface area contributed by atoms with Gasteiger partial charge in [0.05, 0.1) is 21.2 Å². The topological polar surface area (TPSA) is 55.5 Å². The lowest BCUT2D eigenvalue weighted by Crippen LogP contribution is -2.08. The minimum absolute atomic E-state index is 0.153. The van der Waals surface area contributed by atoms with Crippen LogP contribution in [-0.4, -0.2) is 10.1 Å². The van der Waals surface area contributed by atoms with Gasteiger partial charge in [-0.3, -0.25) is 10.1 Å². The summed E-state index contributed by atoms with van der Waals surface area (Å²) in [5.74, 6) is 0. The molecule has 0 atom stereocenters. The Balaban J connectivity index is 1.70. The quantitative estimate of drug-likeness (QED) is 0.134. The maximum Gasteiger partial charge on any atom is 0.277 e. The fourth-order valence-corrected chi connectivity index (χ4v) is 5.66. The highest BCUT2D eigenvalue weighted by Gasteiger charge is 2.26. The molecule has 0 fully saturated rings. The number of aliphatic imine (C=N–C) groups is 1. The van der Waals surface area contributed by atoms with E-state index in [0.29, 0.717) is 0 Å². The molecule has 2 aliphatic rings. The van der Waals surface area contributed by atoms with E-state index >= 15 is 0 Å². The Kier molecular flexibility index (Phi) is 4.95. The number of hydrogen-bond acceptors (Lipinski definition) is 4. The van der Waals surface area contributed by atoms with Gasteiger partial charge in [0.1, 0.15) is 0 Å². The number of nitro groups is 1. The number of isothiocyanates is 1. The third kappa shape index (κ3) is 3.13. The molecular weight excluding hydrogens is 440 g/mol. The van der Waals surface area contributed by atoms with E-state index in [2.05, 4.69) is 34.4 Å². The van der Waals surface area contributed by atoms with E-state index in [1.807, 2.05) is 42.5 Å². The van der Waals surface area contributed by atoms with Crippen LogP contribution in [0.1, 0.15) is 30.4 Å². The first-order valence-corrected chi connectivity index (χ1v) is 11.8. The summed E-state index contributed by atoms with van der Waals surface area (Å²) in [6, 6.07) is 19.8. The Morgan fingerprint density at radius 1 is 0.882 bits per heavy atom. The zero-order valence-corrected chi connectivity index (χ0v) is 19.2. The van der Waals surface area contributed by atoms with Gasteiger partial charge < -0.3 is 0 Å². The zero-order valence-electron chi connectivity index (χ0n) is 18.4. The van der Waals surface area contributed by atoms with Crippen molar-refractivity contribution >= 4 is 55.9 Å². The fourth-order valence-electron chi connectivity index (χ4n) is 5.56. The predicted molar refractivity (Wildman–Crippen MR) is 142 cm³/mol. The summed E-state index contributed by atoms with van der Waals surface area (Å²) in [6.45, 7) is 0. The van der Waals surface area contributed by atoms with Gasteiger partial charge in [0.2, 0.25) is 0 Å². The fraction of sp³-hybridized carbons (Fsp3) is 0.138. The Morgan fingerprint density at radius 2 is 1.71 bits per heavy atom. The summed E-state index contributed by atoms with van der Waals surface area (Å²) in [7, 11) is 0. The third-order valence-corrected chi connectivity index (χ3v) is 7.15. The maximum absolute atomic E-state index is 12.1. The van der Waals surface area contributed by atoms with Crippen molar-refractivity contribution in [3.05, 3.63) is 99.6 Å². The molecule has 4 aromatic carbocycles. The van der Waals surface area contributed by atoms with Crippen LogP contribution in [0.3, 0.4) is 0 Å². The molecular formula is C29H20N2O2S. The number of allylic oxidation sites excluding steroid dienone is 4. The molecule has 0 aromatic heterocycles. The van der Waals surface area contributed by atoms with E-state index in [1.165, 1.54) is 11.1 Å². The van der Waals surface area contributed by atoms with Gasteiger partial charge in [0.15, 0.2) is 0 Å². The van der Waals surface area contributed by atoms with E-state index in [4.69, 9.17) is 12.2 Å². The number of thiocarbonyl (C=S) groups is 1. The van der Waals surface area contributed by atoms with Crippen LogP contribution in [0.2, 0.25) is 0 Å². The third-order valence-electron chi connectivity index (χ3n) is 7.06. The molecule has 5 heteroatoms. The highest BCUT2D eigenvalue weighted by molar-refractivity contribution is 7.78. The first kappa shape index (κ1) is 20.7. The highest BCUT2D eigenvalue weighted by Crippen LogP contribution is 2.46. The summed E-state index contributed by atoms with van der Waals surface area (Å²) in [4.78, 5) is 16.3. The molecule has 0 radical (unpaired) electrons. The number of hydrogen-bond donors (Lipinski definition) is 0. The van der Waals surface area contributed by atoms with Gasteiger partial charge in [-0.05, 0) is 77.0 Å². The van der Waals surface area contributed by atoms with Crippen molar-refractivity contribution in [1.82, 2.24) is 0 Å². The van der Waals surface area contributed by atoms with E-state index in [1.54, 1.807) is 6.07 Å². The molecule has 164 valence electrons. The van der Waals surface area contributed by atoms with Crippen LogP contribution in [0.15, 0.2) is 83.4 Å². The van der Waals surface area contributed by atoms with Crippen molar-refractivity contribution in [2.75, 3.05) is 0 Å². The average molecular weight is 461 g/mol. The summed E-state index contributed by atoms with van der Waals surface area (Å²) in [5.41, 5.74) is 7.59. The van der Waals surface area contributed by atoms with E-state index in [0.717, 1.165) is 75.2 Å². The van der Waals surface area contributed by atoms with Crippen LogP contribution in [0.25, 0.3) is 38.2 Å². The molecule has 0 heterocycles. The maximum atomic E-state index is 12.1. The Hall–Kier alpha value is -3.92. The second-order valence-corrected chi connectivity index (χ2v) is 8.93. The molecule has 6 rings (SSSR count). The molecule has 0 aliphatic heterocycles. The van der Waals surface area contributed by atoms with Gasteiger partial charge in [0.25, 0.3) is 5.69 Å². The minimum Gasteiger partial charge on any atom is -0.258 e. The second kappa shape index (κ2) is 8.14. The van der Waals surface area contributed by atoms with Crippen LogP contribution in [0, 0.1) is 10.1 Å². The molecule has 0 bridgehead atoms. The smallest absolute Gasteiger partial charge is 0.258 e. The first-order chi connectivity index (χ1) is 16.7. The van der Waals surface area contributed by atoms with Gasteiger partial charge in [-0.2, -0.15) is 4.99 Å². The highest BCUT2D eigenvalue weighted by atomic mass is 32.1. The molecule has 0 saturated heterocycles. The zero-order chi connectivity index (χ0) is 23.2. The van der Waals surface area contributed by atoms with Crippen LogP contribution >= 0.6 is 12.2 Å². The lowest BCUT2D eigenvalue weighted by Gasteiger charge is -2.26. The minimum atomic E-state index is -0.260. The van der Waals surface area contributed by atoms with Gasteiger partial charge in [-0.25, -0.2) is 0 Å². The molecule has 0 amide bonds. The number of benzene rings is 4. The van der Waals surface area contributed by atoms with Gasteiger partial charge in [0, 0.05) is 17.0 Å². The standard InChI is InChI=1S/C29H20N2O2S/c32-31(33)27-16-15-23(26-12-10-19-6-2-4-8-21(19)29(26)30-17-34)25-14-13-22-20-7-3-1-5-18(20)9-11-24(22)28(25)27/h2-4,6-8,10,12-16H,1,5,9,11H2. The Morgan fingerprint density at radius 3 is 2.56 bits per heavy atom. The number of non-ortho nitro benzene ring substituents is 1. The molecule has 0 unspecified atom stereocenters. The molecule has 4 aromatic rings. The van der Waals surface area contributed by atoms with Crippen molar-refractivity contribution in [2.24, 2.45) is 4.99 Å². The molecule has 0 spiro atoms. The molecule has 0 N–H and O–H groups in total. The van der Waals surface area contributed by atoms with Gasteiger partial charge in [-0.1, -0.05) is 66.3 Å². The van der Waals surface area contributed by atoms with Crippen molar-refractivity contribution in [2.45, 2.75) is 25.7 Å². The molecule has 4 nitrogen and oxygen atoms in total. The van der Waals surface area contributed by atoms with Crippen molar-refractivity contribution < 1.29 is 4.92 Å². The summed E-state index contributed by atoms with van der Waals surface area (Å²) < 4.78 is 0. The lowest BCUT2D eigenvalue weighted by molar-refractivity contribution is -0.383. The van der Waals surface area contributed by atoms with Crippen molar-refractivity contribution in [3.8, 4) is 11.1 Å². The molecule has 34 heavy (non-hydrogen) atoms. The second-order valence-electron chi connectivity index (χ2n) is 8.75. The monoisotopic (exact) mass is 460 g/mol. The van der Waals surface area contributed by atoms with E-state index < -0.39 is 0 Å². The van der Waals surface area contributed by atoms with Crippen LogP contribution in [-0.2, 0) is 6.42 Å². The Bertz CT molecular complexity index is 1640. The summed E-state index contributed by atoms with van der Waals surface area (Å²) >= 11 is 4.97. The average Bonchev–Trinajstić information content (AvgIpc) is 2.88. The number of fused-ring (bicyclic) bond motifs is 5. The van der Waals surface area contributed by atoms with Gasteiger partial charge >= 0.3 is 0 Å². The van der Waals surface area contributed by atoms with Crippen LogP contribution < -0.4 is 0 Å². The van der Waals surface area contributed by atoms with Crippen molar-refractivity contribution in [3.63, 3.8) is 0 Å². The molecule has 0 saturated carbocycles. The summed E-state index contributed by atoms with van der Waals surface area (Å²) in [6.07, 6.45) is 8.29. The van der Waals surface area contributed by atoms with Crippen molar-refractivity contribution in [1.29, 1.82) is 0 Å². The number of rotatable bonds is 3.